The molecule has 4 nitrogen and oxygen atoms in total. The average molecular weight is 278 g/mol. The van der Waals surface area contributed by atoms with Crippen molar-refractivity contribution in [2.24, 2.45) is 5.73 Å². The average Bonchev–Trinajstić information content (AvgIpc) is 2.44. The maximum absolute atomic E-state index is 11.9. The highest BCUT2D eigenvalue weighted by atomic mass is 32.2. The van der Waals surface area contributed by atoms with Crippen molar-refractivity contribution >= 4 is 20.8 Å². The zero-order valence-electron chi connectivity index (χ0n) is 10.8. The van der Waals surface area contributed by atoms with Crippen LogP contribution >= 0.6 is 0 Å². The van der Waals surface area contributed by atoms with Gasteiger partial charge in [0.15, 0.2) is 0 Å². The smallest absolute Gasteiger partial charge is 0.215 e. The summed E-state index contributed by atoms with van der Waals surface area (Å²) in [6.07, 6.45) is 0. The standard InChI is InChI=1S/C14H18N2O2S/c1-11(9-15)19(17,18)16-10-13-7-4-6-12-5-2-3-8-14(12)13/h2-8,11,16H,9-10,15H2,1H3. The van der Waals surface area contributed by atoms with Crippen molar-refractivity contribution in [1.82, 2.24) is 4.72 Å². The van der Waals surface area contributed by atoms with Crippen molar-refractivity contribution < 1.29 is 8.42 Å². The zero-order valence-corrected chi connectivity index (χ0v) is 11.7. The fourth-order valence-electron chi connectivity index (χ4n) is 1.89. The van der Waals surface area contributed by atoms with Crippen LogP contribution in [0.2, 0.25) is 0 Å². The molecule has 2 aromatic rings. The summed E-state index contributed by atoms with van der Waals surface area (Å²) in [5.41, 5.74) is 6.36. The van der Waals surface area contributed by atoms with Crippen molar-refractivity contribution in [1.29, 1.82) is 0 Å². The van der Waals surface area contributed by atoms with E-state index in [4.69, 9.17) is 5.73 Å². The second-order valence-corrected chi connectivity index (χ2v) is 6.73. The van der Waals surface area contributed by atoms with Gasteiger partial charge in [-0.1, -0.05) is 42.5 Å². The number of hydrogen-bond donors (Lipinski definition) is 2. The maximum atomic E-state index is 11.9. The zero-order chi connectivity index (χ0) is 13.9. The Labute approximate surface area is 113 Å². The molecule has 0 saturated heterocycles. The first-order valence-electron chi connectivity index (χ1n) is 6.20. The SMILES string of the molecule is CC(CN)S(=O)(=O)NCc1cccc2ccccc12. The first kappa shape index (κ1) is 14.0. The fraction of sp³-hybridized carbons (Fsp3) is 0.286. The molecule has 1 atom stereocenters. The Morgan fingerprint density at radius 2 is 1.84 bits per heavy atom. The van der Waals surface area contributed by atoms with Crippen LogP contribution in [-0.4, -0.2) is 20.2 Å². The predicted molar refractivity (Wildman–Crippen MR) is 78.2 cm³/mol. The normalized spacial score (nSPS) is 13.6. The van der Waals surface area contributed by atoms with Gasteiger partial charge in [-0.15, -0.1) is 0 Å². The van der Waals surface area contributed by atoms with Crippen LogP contribution in [0.3, 0.4) is 0 Å². The molecule has 0 amide bonds. The molecule has 0 aliphatic heterocycles. The Bertz CT molecular complexity index is 663. The molecule has 19 heavy (non-hydrogen) atoms. The van der Waals surface area contributed by atoms with E-state index in [0.29, 0.717) is 0 Å². The molecule has 102 valence electrons. The molecular formula is C14H18N2O2S. The number of nitrogens with two attached hydrogens (primary N) is 1. The summed E-state index contributed by atoms with van der Waals surface area (Å²) in [6, 6.07) is 13.8. The van der Waals surface area contributed by atoms with E-state index in [-0.39, 0.29) is 13.1 Å². The van der Waals surface area contributed by atoms with Gasteiger partial charge >= 0.3 is 0 Å². The van der Waals surface area contributed by atoms with E-state index in [0.717, 1.165) is 16.3 Å². The van der Waals surface area contributed by atoms with Crippen LogP contribution in [0.15, 0.2) is 42.5 Å². The lowest BCUT2D eigenvalue weighted by atomic mass is 10.1. The van der Waals surface area contributed by atoms with E-state index in [9.17, 15) is 8.42 Å². The number of hydrogen-bond acceptors (Lipinski definition) is 3. The predicted octanol–water partition coefficient (Wildman–Crippen LogP) is 1.61. The van der Waals surface area contributed by atoms with Crippen LogP contribution in [0.4, 0.5) is 0 Å². The van der Waals surface area contributed by atoms with Crippen molar-refractivity contribution in [3.05, 3.63) is 48.0 Å². The molecule has 3 N–H and O–H groups in total. The van der Waals surface area contributed by atoms with Gasteiger partial charge in [0.05, 0.1) is 5.25 Å². The summed E-state index contributed by atoms with van der Waals surface area (Å²) in [4.78, 5) is 0. The molecule has 0 radical (unpaired) electrons. The second-order valence-electron chi connectivity index (χ2n) is 4.55. The highest BCUT2D eigenvalue weighted by molar-refractivity contribution is 7.90. The minimum Gasteiger partial charge on any atom is -0.329 e. The topological polar surface area (TPSA) is 72.2 Å². The summed E-state index contributed by atoms with van der Waals surface area (Å²) in [6.45, 7) is 2.00. The minimum atomic E-state index is -3.35. The molecule has 0 aliphatic carbocycles. The van der Waals surface area contributed by atoms with Gasteiger partial charge in [0.25, 0.3) is 0 Å². The summed E-state index contributed by atoms with van der Waals surface area (Å²) in [5.74, 6) is 0. The van der Waals surface area contributed by atoms with Crippen LogP contribution in [0.5, 0.6) is 0 Å². The van der Waals surface area contributed by atoms with Crippen molar-refractivity contribution in [3.8, 4) is 0 Å². The molecule has 0 saturated carbocycles. The molecule has 2 rings (SSSR count). The van der Waals surface area contributed by atoms with Crippen LogP contribution < -0.4 is 10.5 Å². The Balaban J connectivity index is 2.23. The van der Waals surface area contributed by atoms with Crippen LogP contribution in [0, 0.1) is 0 Å². The second kappa shape index (κ2) is 5.69. The van der Waals surface area contributed by atoms with E-state index in [2.05, 4.69) is 4.72 Å². The van der Waals surface area contributed by atoms with Crippen LogP contribution in [0.1, 0.15) is 12.5 Å². The monoisotopic (exact) mass is 278 g/mol. The van der Waals surface area contributed by atoms with Crippen LogP contribution in [0.25, 0.3) is 10.8 Å². The Kier molecular flexibility index (Phi) is 4.19. The van der Waals surface area contributed by atoms with Gasteiger partial charge in [-0.3, -0.25) is 0 Å². The number of rotatable bonds is 5. The first-order valence-corrected chi connectivity index (χ1v) is 7.74. The van der Waals surface area contributed by atoms with Gasteiger partial charge in [0.1, 0.15) is 0 Å². The molecule has 0 aliphatic rings. The Morgan fingerprint density at radius 1 is 1.16 bits per heavy atom. The van der Waals surface area contributed by atoms with E-state index >= 15 is 0 Å². The lowest BCUT2D eigenvalue weighted by Gasteiger charge is -2.13. The molecule has 0 bridgehead atoms. The maximum Gasteiger partial charge on any atom is 0.215 e. The fourth-order valence-corrected chi connectivity index (χ4v) is 2.79. The van der Waals surface area contributed by atoms with Gasteiger partial charge in [-0.05, 0) is 23.3 Å². The quantitative estimate of drug-likeness (QED) is 0.872. The van der Waals surface area contributed by atoms with Crippen molar-refractivity contribution in [3.63, 3.8) is 0 Å². The van der Waals surface area contributed by atoms with E-state index in [1.807, 2.05) is 42.5 Å². The molecule has 5 heteroatoms. The molecule has 0 spiro atoms. The molecule has 0 heterocycles. The van der Waals surface area contributed by atoms with E-state index in [1.165, 1.54) is 0 Å². The third-order valence-electron chi connectivity index (χ3n) is 3.21. The Morgan fingerprint density at radius 3 is 2.58 bits per heavy atom. The number of benzene rings is 2. The summed E-state index contributed by atoms with van der Waals surface area (Å²) < 4.78 is 26.4. The third kappa shape index (κ3) is 3.12. The Hall–Kier alpha value is -1.43. The van der Waals surface area contributed by atoms with Gasteiger partial charge < -0.3 is 5.73 Å². The summed E-state index contributed by atoms with van der Waals surface area (Å²) in [7, 11) is -3.35. The van der Waals surface area contributed by atoms with Crippen LogP contribution in [-0.2, 0) is 16.6 Å². The number of nitrogens with one attached hydrogen (secondary N) is 1. The lowest BCUT2D eigenvalue weighted by molar-refractivity contribution is 0.569. The molecule has 0 aromatic heterocycles. The molecule has 0 fully saturated rings. The van der Waals surface area contributed by atoms with Gasteiger partial charge in [0.2, 0.25) is 10.0 Å². The van der Waals surface area contributed by atoms with E-state index < -0.39 is 15.3 Å². The number of fused-ring (bicyclic) bond motifs is 1. The van der Waals surface area contributed by atoms with Crippen molar-refractivity contribution in [2.75, 3.05) is 6.54 Å². The van der Waals surface area contributed by atoms with E-state index in [1.54, 1.807) is 6.92 Å². The number of sulfonamides is 1. The van der Waals surface area contributed by atoms with Gasteiger partial charge in [-0.2, -0.15) is 0 Å². The summed E-state index contributed by atoms with van der Waals surface area (Å²) in [5, 5.41) is 1.58. The van der Waals surface area contributed by atoms with Gasteiger partial charge in [-0.25, -0.2) is 13.1 Å². The van der Waals surface area contributed by atoms with Gasteiger partial charge in [0, 0.05) is 13.1 Å². The molecule has 1 unspecified atom stereocenters. The van der Waals surface area contributed by atoms with Crippen molar-refractivity contribution in [2.45, 2.75) is 18.7 Å². The largest absolute Gasteiger partial charge is 0.329 e. The minimum absolute atomic E-state index is 0.116. The lowest BCUT2D eigenvalue weighted by Crippen LogP contribution is -2.36. The first-order chi connectivity index (χ1) is 9.04. The summed E-state index contributed by atoms with van der Waals surface area (Å²) >= 11 is 0. The third-order valence-corrected chi connectivity index (χ3v) is 5.00. The molecule has 2 aromatic carbocycles. The highest BCUT2D eigenvalue weighted by Gasteiger charge is 2.18. The molecular weight excluding hydrogens is 260 g/mol. The highest BCUT2D eigenvalue weighted by Crippen LogP contribution is 2.18.